The van der Waals surface area contributed by atoms with E-state index in [-0.39, 0.29) is 0 Å². The maximum absolute atomic E-state index is 9.43. The molecule has 3 nitrogen and oxygen atoms in total. The Hall–Kier alpha value is -0.0600. The molecule has 0 aromatic carbocycles. The highest BCUT2D eigenvalue weighted by atomic mass is 35.5. The number of hydrogen-bond donors (Lipinski definition) is 0. The number of hydrogen-bond acceptors (Lipinski definition) is 4. The number of rotatable bonds is 1. The molecule has 0 radical (unpaired) electrons. The molecular weight excluding hydrogens is 175 g/mol. The van der Waals surface area contributed by atoms with Crippen LogP contribution in [0.15, 0.2) is 0 Å². The molecule has 0 unspecified atom stereocenters. The number of halogens is 2. The van der Waals surface area contributed by atoms with Gasteiger partial charge in [0.15, 0.2) is 12.5 Å². The average molecular weight is 175 g/mol. The smallest absolute Gasteiger partial charge is 0.271 e. The maximum Gasteiger partial charge on any atom is 0.304 e. The third-order valence-electron chi connectivity index (χ3n) is 0.155. The molecule has 0 saturated heterocycles. The van der Waals surface area contributed by atoms with E-state index >= 15 is 0 Å². The number of carbonyl (C=O) groups is 2. The van der Waals surface area contributed by atoms with Crippen molar-refractivity contribution in [1.29, 1.82) is 0 Å². The molecule has 0 heterocycles. The minimum Gasteiger partial charge on any atom is -0.271 e. The average Bonchev–Trinajstić information content (AvgIpc) is 1.72. The summed E-state index contributed by atoms with van der Waals surface area (Å²) >= 11 is 11.8. The Morgan fingerprint density at radius 2 is 1.12 bits per heavy atom. The van der Waals surface area contributed by atoms with Gasteiger partial charge in [0.25, 0.3) is 0 Å². The van der Waals surface area contributed by atoms with Crippen LogP contribution in [0, 0.1) is 0 Å². The van der Waals surface area contributed by atoms with Crippen molar-refractivity contribution in [1.82, 2.24) is 0 Å². The zero-order valence-electron chi connectivity index (χ0n) is 3.39. The molecule has 0 amide bonds. The summed E-state index contributed by atoms with van der Waals surface area (Å²) in [7, 11) is 0. The van der Waals surface area contributed by atoms with Crippen LogP contribution in [-0.4, -0.2) is 14.7 Å². The Morgan fingerprint density at radius 1 is 1.00 bits per heavy atom. The fraction of sp³-hybridized carbons (Fsp3) is 0. The standard InChI is InChI=1S/C2Cl2O2.OS/c3-1(5)2(4)6;1-2. The molecule has 0 aliphatic carbocycles. The van der Waals surface area contributed by atoms with Crippen molar-refractivity contribution >= 4 is 46.2 Å². The summed E-state index contributed by atoms with van der Waals surface area (Å²) in [5, 5.41) is -2.28. The van der Waals surface area contributed by atoms with E-state index in [4.69, 9.17) is 4.21 Å². The third kappa shape index (κ3) is 9.34. The summed E-state index contributed by atoms with van der Waals surface area (Å²) in [5.41, 5.74) is 0. The fourth-order valence-corrected chi connectivity index (χ4v) is 0. The maximum atomic E-state index is 9.43. The Balaban J connectivity index is 0. The molecule has 0 N–H and O–H groups in total. The first-order valence-electron chi connectivity index (χ1n) is 1.20. The zero-order valence-corrected chi connectivity index (χ0v) is 5.72. The van der Waals surface area contributed by atoms with Gasteiger partial charge in [-0.3, -0.25) is 9.59 Å². The fourth-order valence-electron chi connectivity index (χ4n) is 0. The Morgan fingerprint density at radius 3 is 1.12 bits per heavy atom. The monoisotopic (exact) mass is 174 g/mol. The molecule has 8 heavy (non-hydrogen) atoms. The van der Waals surface area contributed by atoms with Gasteiger partial charge >= 0.3 is 10.5 Å². The van der Waals surface area contributed by atoms with Crippen molar-refractivity contribution in [2.45, 2.75) is 0 Å². The lowest BCUT2D eigenvalue weighted by molar-refractivity contribution is -0.127. The Bertz CT molecular complexity index is 91.5. The predicted octanol–water partition coefficient (Wildman–Crippen LogP) is 0.181. The summed E-state index contributed by atoms with van der Waals surface area (Å²) in [6.45, 7) is 0. The van der Waals surface area contributed by atoms with Crippen LogP contribution in [0.3, 0.4) is 0 Å². The van der Waals surface area contributed by atoms with Gasteiger partial charge in [0.05, 0.1) is 0 Å². The Labute approximate surface area is 60.5 Å². The SMILES string of the molecule is O=C(Cl)C(=O)Cl.O=S. The highest BCUT2D eigenvalue weighted by Gasteiger charge is 2.01. The molecule has 0 rings (SSSR count). The summed E-state index contributed by atoms with van der Waals surface area (Å²) in [6.07, 6.45) is 0. The molecule has 6 heteroatoms. The normalized spacial score (nSPS) is 6.25. The second-order valence-corrected chi connectivity index (χ2v) is 1.23. The largest absolute Gasteiger partial charge is 0.304 e. The molecule has 0 aromatic rings. The second-order valence-electron chi connectivity index (χ2n) is 0.547. The van der Waals surface area contributed by atoms with Crippen molar-refractivity contribution in [3.05, 3.63) is 0 Å². The van der Waals surface area contributed by atoms with E-state index in [1.165, 1.54) is 0 Å². The third-order valence-corrected chi connectivity index (χ3v) is 0.595. The van der Waals surface area contributed by atoms with Crippen LogP contribution in [0.5, 0.6) is 0 Å². The Kier molecular flexibility index (Phi) is 9.40. The van der Waals surface area contributed by atoms with Crippen molar-refractivity contribution in [3.8, 4) is 0 Å². The van der Waals surface area contributed by atoms with Crippen LogP contribution in [-0.2, 0) is 22.1 Å². The van der Waals surface area contributed by atoms with Gasteiger partial charge in [-0.15, -0.1) is 0 Å². The molecule has 0 aliphatic heterocycles. The topological polar surface area (TPSA) is 51.2 Å². The first-order valence-corrected chi connectivity index (χ1v) is 2.29. The van der Waals surface area contributed by atoms with E-state index in [1.807, 2.05) is 0 Å². The van der Waals surface area contributed by atoms with Gasteiger partial charge in [-0.2, -0.15) is 4.21 Å². The van der Waals surface area contributed by atoms with Crippen LogP contribution in [0.4, 0.5) is 0 Å². The minimum atomic E-state index is -1.14. The highest BCUT2D eigenvalue weighted by Crippen LogP contribution is 1.84. The molecule has 0 aliphatic rings. The van der Waals surface area contributed by atoms with Gasteiger partial charge in [0, 0.05) is 0 Å². The first-order chi connectivity index (χ1) is 3.64. The van der Waals surface area contributed by atoms with Crippen LogP contribution in [0.25, 0.3) is 0 Å². The van der Waals surface area contributed by atoms with Crippen molar-refractivity contribution < 1.29 is 13.8 Å². The van der Waals surface area contributed by atoms with Gasteiger partial charge in [-0.25, -0.2) is 0 Å². The van der Waals surface area contributed by atoms with E-state index in [0.717, 1.165) is 0 Å². The van der Waals surface area contributed by atoms with Crippen molar-refractivity contribution in [2.75, 3.05) is 0 Å². The zero-order chi connectivity index (χ0) is 7.15. The van der Waals surface area contributed by atoms with E-state index in [2.05, 4.69) is 35.7 Å². The predicted molar refractivity (Wildman–Crippen MR) is 29.9 cm³/mol. The molecule has 0 aromatic heterocycles. The summed E-state index contributed by atoms with van der Waals surface area (Å²) in [4.78, 5) is 18.9. The van der Waals surface area contributed by atoms with Gasteiger partial charge in [-0.1, -0.05) is 0 Å². The summed E-state index contributed by atoms with van der Waals surface area (Å²) in [6, 6.07) is 0. The van der Waals surface area contributed by atoms with E-state index in [1.54, 1.807) is 0 Å². The molecule has 0 fully saturated rings. The molecule has 46 valence electrons. The van der Waals surface area contributed by atoms with Crippen molar-refractivity contribution in [2.24, 2.45) is 0 Å². The molecule has 0 bridgehead atoms. The molecule has 0 atom stereocenters. The van der Waals surface area contributed by atoms with Crippen LogP contribution < -0.4 is 0 Å². The summed E-state index contributed by atoms with van der Waals surface area (Å²) in [5.74, 6) is 0. The van der Waals surface area contributed by atoms with Crippen molar-refractivity contribution in [3.63, 3.8) is 0 Å². The first kappa shape index (κ1) is 10.8. The lowest BCUT2D eigenvalue weighted by atomic mass is 10.9. The molecule has 0 spiro atoms. The molecule has 0 saturated carbocycles. The summed E-state index contributed by atoms with van der Waals surface area (Å²) < 4.78 is 7.83. The lowest BCUT2D eigenvalue weighted by Gasteiger charge is -1.67. The van der Waals surface area contributed by atoms with Gasteiger partial charge in [0.2, 0.25) is 0 Å². The quantitative estimate of drug-likeness (QED) is 0.421. The number of carbonyl (C=O) groups excluding carboxylic acids is 2. The highest BCUT2D eigenvalue weighted by molar-refractivity contribution is 7.44. The van der Waals surface area contributed by atoms with Crippen LogP contribution >= 0.6 is 23.2 Å². The molecular formula is C2Cl2O3S. The lowest BCUT2D eigenvalue weighted by Crippen LogP contribution is -1.94. The van der Waals surface area contributed by atoms with E-state index in [0.29, 0.717) is 0 Å². The van der Waals surface area contributed by atoms with Crippen LogP contribution in [0.2, 0.25) is 0 Å². The van der Waals surface area contributed by atoms with Crippen LogP contribution in [0.1, 0.15) is 0 Å². The van der Waals surface area contributed by atoms with Gasteiger partial charge in [-0.05, 0) is 23.2 Å². The minimum absolute atomic E-state index is 1.14. The van der Waals surface area contributed by atoms with E-state index < -0.39 is 10.5 Å². The second kappa shape index (κ2) is 6.94. The van der Waals surface area contributed by atoms with E-state index in [9.17, 15) is 9.59 Å². The van der Waals surface area contributed by atoms with Gasteiger partial charge in [0.1, 0.15) is 0 Å². The van der Waals surface area contributed by atoms with Gasteiger partial charge < -0.3 is 0 Å².